The molecule has 2 heterocycles. The number of aromatic nitrogens is 2. The summed E-state index contributed by atoms with van der Waals surface area (Å²) in [7, 11) is 0. The van der Waals surface area contributed by atoms with Crippen LogP contribution in [0.5, 0.6) is 0 Å². The third-order valence-electron chi connectivity index (χ3n) is 2.18. The third kappa shape index (κ3) is 1.93. The van der Waals surface area contributed by atoms with Gasteiger partial charge in [0.1, 0.15) is 0 Å². The fourth-order valence-electron chi connectivity index (χ4n) is 1.35. The Bertz CT molecular complexity index is 292. The molecule has 1 N–H and O–H groups in total. The topological polar surface area (TPSA) is 60.2 Å². The molecule has 0 unspecified atom stereocenters. The molecule has 1 aliphatic rings. The lowest BCUT2D eigenvalue weighted by Crippen LogP contribution is -2.35. The summed E-state index contributed by atoms with van der Waals surface area (Å²) < 4.78 is 10.4. The maximum atomic E-state index is 5.32. The van der Waals surface area contributed by atoms with Crippen LogP contribution in [0.1, 0.15) is 37.5 Å². The summed E-state index contributed by atoms with van der Waals surface area (Å²) in [6.07, 6.45) is 0. The standard InChI is InChI=1S/C9H15N3O2/c1-6(2)9-11-8(12-14-9)7-5-13-4-3-10-7/h6-7,10H,3-5H2,1-2H3/t7-/m0/s1. The molecule has 0 bridgehead atoms. The fraction of sp³-hybridized carbons (Fsp3) is 0.778. The molecule has 78 valence electrons. The van der Waals surface area contributed by atoms with E-state index in [9.17, 15) is 0 Å². The fourth-order valence-corrected chi connectivity index (χ4v) is 1.35. The molecule has 1 atom stereocenters. The molecule has 0 aromatic carbocycles. The van der Waals surface area contributed by atoms with Gasteiger partial charge in [0.2, 0.25) is 5.89 Å². The molecule has 5 nitrogen and oxygen atoms in total. The summed E-state index contributed by atoms with van der Waals surface area (Å²) in [6.45, 7) is 6.28. The number of morpholine rings is 1. The molecule has 0 radical (unpaired) electrons. The first-order chi connectivity index (χ1) is 6.77. The van der Waals surface area contributed by atoms with Gasteiger partial charge in [-0.25, -0.2) is 0 Å². The molecule has 0 saturated carbocycles. The van der Waals surface area contributed by atoms with Gasteiger partial charge >= 0.3 is 0 Å². The zero-order chi connectivity index (χ0) is 9.97. The predicted octanol–water partition coefficient (Wildman–Crippen LogP) is 0.854. The largest absolute Gasteiger partial charge is 0.378 e. The van der Waals surface area contributed by atoms with E-state index in [4.69, 9.17) is 9.26 Å². The Hall–Kier alpha value is -0.940. The minimum Gasteiger partial charge on any atom is -0.378 e. The Labute approximate surface area is 82.8 Å². The minimum absolute atomic E-state index is 0.0833. The van der Waals surface area contributed by atoms with Crippen LogP contribution < -0.4 is 5.32 Å². The van der Waals surface area contributed by atoms with Crippen molar-refractivity contribution >= 4 is 0 Å². The summed E-state index contributed by atoms with van der Waals surface area (Å²) >= 11 is 0. The first-order valence-electron chi connectivity index (χ1n) is 4.92. The van der Waals surface area contributed by atoms with Gasteiger partial charge in [0.15, 0.2) is 5.82 Å². The molecule has 1 saturated heterocycles. The van der Waals surface area contributed by atoms with Crippen molar-refractivity contribution in [3.05, 3.63) is 11.7 Å². The molecule has 2 rings (SSSR count). The third-order valence-corrected chi connectivity index (χ3v) is 2.18. The van der Waals surface area contributed by atoms with Crippen molar-refractivity contribution in [2.24, 2.45) is 0 Å². The van der Waals surface area contributed by atoms with E-state index >= 15 is 0 Å². The highest BCUT2D eigenvalue weighted by atomic mass is 16.5. The minimum atomic E-state index is 0.0833. The first-order valence-corrected chi connectivity index (χ1v) is 4.92. The van der Waals surface area contributed by atoms with Gasteiger partial charge in [-0.3, -0.25) is 0 Å². The summed E-state index contributed by atoms with van der Waals surface area (Å²) in [5.41, 5.74) is 0. The maximum Gasteiger partial charge on any atom is 0.229 e. The van der Waals surface area contributed by atoms with E-state index in [1.165, 1.54) is 0 Å². The second-order valence-corrected chi connectivity index (χ2v) is 3.73. The van der Waals surface area contributed by atoms with E-state index < -0.39 is 0 Å². The summed E-state index contributed by atoms with van der Waals surface area (Å²) in [5, 5.41) is 7.21. The number of hydrogen-bond acceptors (Lipinski definition) is 5. The van der Waals surface area contributed by atoms with Crippen LogP contribution in [-0.2, 0) is 4.74 Å². The Morgan fingerprint density at radius 1 is 1.50 bits per heavy atom. The van der Waals surface area contributed by atoms with Gasteiger partial charge in [-0.15, -0.1) is 0 Å². The summed E-state index contributed by atoms with van der Waals surface area (Å²) in [5.74, 6) is 1.67. The Balaban J connectivity index is 2.07. The molecule has 1 aliphatic heterocycles. The zero-order valence-corrected chi connectivity index (χ0v) is 8.49. The molecular weight excluding hydrogens is 182 g/mol. The van der Waals surface area contributed by atoms with Gasteiger partial charge in [0.25, 0.3) is 0 Å². The number of rotatable bonds is 2. The maximum absolute atomic E-state index is 5.32. The van der Waals surface area contributed by atoms with E-state index in [1.54, 1.807) is 0 Å². The normalized spacial score (nSPS) is 22.9. The van der Waals surface area contributed by atoms with Gasteiger partial charge in [-0.2, -0.15) is 4.98 Å². The van der Waals surface area contributed by atoms with Crippen molar-refractivity contribution in [2.45, 2.75) is 25.8 Å². The van der Waals surface area contributed by atoms with E-state index in [2.05, 4.69) is 15.5 Å². The van der Waals surface area contributed by atoms with Crippen molar-refractivity contribution in [2.75, 3.05) is 19.8 Å². The second-order valence-electron chi connectivity index (χ2n) is 3.73. The molecule has 1 aromatic rings. The Morgan fingerprint density at radius 3 is 2.93 bits per heavy atom. The van der Waals surface area contributed by atoms with E-state index in [1.807, 2.05) is 13.8 Å². The highest BCUT2D eigenvalue weighted by molar-refractivity contribution is 4.97. The lowest BCUT2D eigenvalue weighted by Gasteiger charge is -2.20. The predicted molar refractivity (Wildman–Crippen MR) is 49.9 cm³/mol. The van der Waals surface area contributed by atoms with Gasteiger partial charge in [0.05, 0.1) is 19.3 Å². The van der Waals surface area contributed by atoms with Crippen LogP contribution in [0, 0.1) is 0 Å². The molecule has 0 spiro atoms. The molecule has 5 heteroatoms. The van der Waals surface area contributed by atoms with Crippen LogP contribution in [0.3, 0.4) is 0 Å². The quantitative estimate of drug-likeness (QED) is 0.761. The van der Waals surface area contributed by atoms with Crippen LogP contribution in [0.4, 0.5) is 0 Å². The van der Waals surface area contributed by atoms with Crippen LogP contribution in [-0.4, -0.2) is 29.9 Å². The molecule has 1 aromatic heterocycles. The Morgan fingerprint density at radius 2 is 2.36 bits per heavy atom. The summed E-state index contributed by atoms with van der Waals surface area (Å²) in [6, 6.07) is 0.0833. The van der Waals surface area contributed by atoms with Crippen molar-refractivity contribution in [3.8, 4) is 0 Å². The second kappa shape index (κ2) is 4.06. The van der Waals surface area contributed by atoms with Crippen LogP contribution >= 0.6 is 0 Å². The lowest BCUT2D eigenvalue weighted by molar-refractivity contribution is 0.0734. The van der Waals surface area contributed by atoms with E-state index in [0.29, 0.717) is 18.3 Å². The van der Waals surface area contributed by atoms with Gasteiger partial charge in [-0.1, -0.05) is 19.0 Å². The number of hydrogen-bond donors (Lipinski definition) is 1. The molecule has 1 fully saturated rings. The average Bonchev–Trinajstić information content (AvgIpc) is 2.68. The molecule has 0 amide bonds. The molecule has 14 heavy (non-hydrogen) atoms. The van der Waals surface area contributed by atoms with Crippen LogP contribution in [0.15, 0.2) is 4.52 Å². The van der Waals surface area contributed by atoms with Crippen molar-refractivity contribution in [3.63, 3.8) is 0 Å². The Kier molecular flexibility index (Phi) is 2.79. The number of ether oxygens (including phenoxy) is 1. The number of nitrogens with zero attached hydrogens (tertiary/aromatic N) is 2. The zero-order valence-electron chi connectivity index (χ0n) is 8.49. The highest BCUT2D eigenvalue weighted by Crippen LogP contribution is 2.16. The summed E-state index contributed by atoms with van der Waals surface area (Å²) in [4.78, 5) is 4.31. The molecular formula is C9H15N3O2. The van der Waals surface area contributed by atoms with Crippen molar-refractivity contribution in [1.82, 2.24) is 15.5 Å². The highest BCUT2D eigenvalue weighted by Gasteiger charge is 2.21. The van der Waals surface area contributed by atoms with Gasteiger partial charge < -0.3 is 14.6 Å². The van der Waals surface area contributed by atoms with Gasteiger partial charge in [-0.05, 0) is 0 Å². The van der Waals surface area contributed by atoms with E-state index in [0.717, 1.165) is 13.2 Å². The first kappa shape index (κ1) is 9.61. The smallest absolute Gasteiger partial charge is 0.229 e. The van der Waals surface area contributed by atoms with Crippen molar-refractivity contribution in [1.29, 1.82) is 0 Å². The van der Waals surface area contributed by atoms with Crippen LogP contribution in [0.25, 0.3) is 0 Å². The van der Waals surface area contributed by atoms with Crippen molar-refractivity contribution < 1.29 is 9.26 Å². The number of nitrogens with one attached hydrogen (secondary N) is 1. The SMILES string of the molecule is CC(C)c1nc([C@@H]2COCCN2)no1. The lowest BCUT2D eigenvalue weighted by atomic mass is 10.2. The monoisotopic (exact) mass is 197 g/mol. The average molecular weight is 197 g/mol. The van der Waals surface area contributed by atoms with E-state index in [-0.39, 0.29) is 12.0 Å². The van der Waals surface area contributed by atoms with Gasteiger partial charge in [0, 0.05) is 12.5 Å². The van der Waals surface area contributed by atoms with Crippen LogP contribution in [0.2, 0.25) is 0 Å². The molecule has 0 aliphatic carbocycles.